The van der Waals surface area contributed by atoms with Gasteiger partial charge in [-0.2, -0.15) is 10.2 Å². The van der Waals surface area contributed by atoms with Gasteiger partial charge in [-0.25, -0.2) is 4.98 Å². The minimum Gasteiger partial charge on any atom is -0.454 e. The molecule has 0 aliphatic carbocycles. The molecule has 35 heavy (non-hydrogen) atoms. The fourth-order valence-corrected chi connectivity index (χ4v) is 5.00. The van der Waals surface area contributed by atoms with E-state index in [1.807, 2.05) is 43.1 Å². The zero-order valence-corrected chi connectivity index (χ0v) is 20.6. The van der Waals surface area contributed by atoms with Crippen molar-refractivity contribution in [3.8, 4) is 11.8 Å². The summed E-state index contributed by atoms with van der Waals surface area (Å²) < 4.78 is 6.09. The van der Waals surface area contributed by atoms with Crippen LogP contribution in [0, 0.1) is 11.3 Å². The standard InChI is InChI=1S/C26H22ClN6OP/c1-35(34-22-7-3-5-18(13-22)15-28)33-24-11-10-21-14-19(24)9-8-17-4-2-6-20(12-17)31-26-29-16-23(27)25(30-21)32-26/h2-7,10-14,16,33H,8-9H2,1H3,(H2,29,30,31,32). The van der Waals surface area contributed by atoms with E-state index < -0.39 is 8.30 Å². The highest BCUT2D eigenvalue weighted by atomic mass is 35.5. The Hall–Kier alpha value is -3.85. The largest absolute Gasteiger partial charge is 0.454 e. The number of nitriles is 1. The van der Waals surface area contributed by atoms with Crippen molar-refractivity contribution in [1.82, 2.24) is 9.97 Å². The third kappa shape index (κ3) is 5.63. The number of benzene rings is 3. The summed E-state index contributed by atoms with van der Waals surface area (Å²) in [6, 6.07) is 23.7. The first-order valence-electron chi connectivity index (χ1n) is 11.0. The Bertz CT molecular complexity index is 1420. The van der Waals surface area contributed by atoms with E-state index in [9.17, 15) is 0 Å². The lowest BCUT2D eigenvalue weighted by Crippen LogP contribution is -2.03. The lowest BCUT2D eigenvalue weighted by molar-refractivity contribution is 0.622. The molecule has 1 aromatic heterocycles. The monoisotopic (exact) mass is 500 g/mol. The van der Waals surface area contributed by atoms with Gasteiger partial charge in [0.25, 0.3) is 0 Å². The Morgan fingerprint density at radius 1 is 1.03 bits per heavy atom. The van der Waals surface area contributed by atoms with E-state index in [4.69, 9.17) is 21.4 Å². The predicted octanol–water partition coefficient (Wildman–Crippen LogP) is 7.02. The molecule has 7 nitrogen and oxygen atoms in total. The summed E-state index contributed by atoms with van der Waals surface area (Å²) in [7, 11) is -1.02. The second kappa shape index (κ2) is 10.2. The second-order valence-electron chi connectivity index (χ2n) is 8.05. The number of aromatic nitrogens is 2. The van der Waals surface area contributed by atoms with Crippen LogP contribution in [0.4, 0.5) is 28.8 Å². The van der Waals surface area contributed by atoms with Crippen LogP contribution in [0.3, 0.4) is 0 Å². The van der Waals surface area contributed by atoms with E-state index in [2.05, 4.69) is 50.0 Å². The maximum Gasteiger partial charge on any atom is 0.229 e. The first-order valence-corrected chi connectivity index (χ1v) is 13.1. The van der Waals surface area contributed by atoms with Gasteiger partial charge in [-0.15, -0.1) is 0 Å². The summed E-state index contributed by atoms with van der Waals surface area (Å²) in [5.74, 6) is 1.67. The summed E-state index contributed by atoms with van der Waals surface area (Å²) in [6.45, 7) is 2.00. The normalized spacial score (nSPS) is 12.9. The van der Waals surface area contributed by atoms with Crippen LogP contribution in [0.1, 0.15) is 16.7 Å². The Morgan fingerprint density at radius 3 is 2.77 bits per heavy atom. The van der Waals surface area contributed by atoms with Gasteiger partial charge >= 0.3 is 0 Å². The van der Waals surface area contributed by atoms with Crippen LogP contribution in [-0.4, -0.2) is 16.6 Å². The van der Waals surface area contributed by atoms with E-state index in [0.29, 0.717) is 28.1 Å². The summed E-state index contributed by atoms with van der Waals surface area (Å²) in [6.07, 6.45) is 3.27. The number of aryl methyl sites for hydroxylation is 2. The van der Waals surface area contributed by atoms with Crippen molar-refractivity contribution in [1.29, 1.82) is 5.26 Å². The highest BCUT2D eigenvalue weighted by Crippen LogP contribution is 2.38. The Labute approximate surface area is 210 Å². The van der Waals surface area contributed by atoms with Gasteiger partial charge in [-0.05, 0) is 72.5 Å². The van der Waals surface area contributed by atoms with Crippen molar-refractivity contribution in [2.75, 3.05) is 22.4 Å². The van der Waals surface area contributed by atoms with E-state index in [0.717, 1.165) is 35.5 Å². The maximum absolute atomic E-state index is 9.15. The van der Waals surface area contributed by atoms with Crippen LogP contribution >= 0.6 is 19.9 Å². The van der Waals surface area contributed by atoms with Crippen LogP contribution in [0.25, 0.3) is 0 Å². The molecule has 174 valence electrons. The van der Waals surface area contributed by atoms with Crippen LogP contribution in [0.5, 0.6) is 5.75 Å². The van der Waals surface area contributed by atoms with Gasteiger partial charge < -0.3 is 20.2 Å². The van der Waals surface area contributed by atoms with Gasteiger partial charge in [0, 0.05) is 23.7 Å². The van der Waals surface area contributed by atoms with Crippen LogP contribution in [0.2, 0.25) is 5.02 Å². The molecule has 2 heterocycles. The molecule has 0 saturated carbocycles. The van der Waals surface area contributed by atoms with Gasteiger partial charge in [0.1, 0.15) is 10.8 Å². The molecular formula is C26H22ClN6OP. The Kier molecular flexibility index (Phi) is 6.67. The average Bonchev–Trinajstić information content (AvgIpc) is 2.86. The smallest absolute Gasteiger partial charge is 0.229 e. The summed E-state index contributed by atoms with van der Waals surface area (Å²) in [5.41, 5.74) is 5.72. The van der Waals surface area contributed by atoms with Crippen molar-refractivity contribution < 1.29 is 4.52 Å². The van der Waals surface area contributed by atoms with Gasteiger partial charge in [-0.3, -0.25) is 0 Å². The number of hydrogen-bond donors (Lipinski definition) is 3. The molecule has 1 aliphatic rings. The molecule has 0 fully saturated rings. The molecule has 1 unspecified atom stereocenters. The lowest BCUT2D eigenvalue weighted by atomic mass is 10.0. The van der Waals surface area contributed by atoms with Crippen molar-refractivity contribution in [3.63, 3.8) is 0 Å². The molecule has 0 spiro atoms. The number of nitrogens with one attached hydrogen (secondary N) is 3. The second-order valence-corrected chi connectivity index (χ2v) is 9.86. The molecule has 0 amide bonds. The third-order valence-corrected chi connectivity index (χ3v) is 6.78. The molecule has 6 bridgehead atoms. The molecule has 0 saturated heterocycles. The average molecular weight is 501 g/mol. The third-order valence-electron chi connectivity index (χ3n) is 5.46. The number of halogens is 1. The van der Waals surface area contributed by atoms with Gasteiger partial charge in [0.2, 0.25) is 5.95 Å². The number of anilines is 5. The van der Waals surface area contributed by atoms with Gasteiger partial charge in [-0.1, -0.05) is 29.8 Å². The first kappa shape index (κ1) is 22.9. The molecule has 4 aromatic rings. The molecule has 0 radical (unpaired) electrons. The van der Waals surface area contributed by atoms with Crippen molar-refractivity contribution >= 4 is 48.7 Å². The molecule has 3 aromatic carbocycles. The van der Waals surface area contributed by atoms with Crippen LogP contribution < -0.4 is 20.2 Å². The Morgan fingerprint density at radius 2 is 1.89 bits per heavy atom. The van der Waals surface area contributed by atoms with Crippen molar-refractivity contribution in [3.05, 3.63) is 94.6 Å². The summed E-state index contributed by atoms with van der Waals surface area (Å²) in [4.78, 5) is 8.86. The molecule has 1 atom stereocenters. The number of hydrogen-bond acceptors (Lipinski definition) is 7. The van der Waals surface area contributed by atoms with Crippen molar-refractivity contribution in [2.45, 2.75) is 12.8 Å². The van der Waals surface area contributed by atoms with Crippen LogP contribution in [-0.2, 0) is 12.8 Å². The summed E-state index contributed by atoms with van der Waals surface area (Å²) >= 11 is 6.37. The zero-order chi connectivity index (χ0) is 24.2. The lowest BCUT2D eigenvalue weighted by Gasteiger charge is -2.20. The summed E-state index contributed by atoms with van der Waals surface area (Å²) in [5, 5.41) is 19.7. The van der Waals surface area contributed by atoms with E-state index in [1.54, 1.807) is 18.3 Å². The quantitative estimate of drug-likeness (QED) is 0.259. The number of fused-ring (bicyclic) bond motifs is 6. The SMILES string of the molecule is CP(Nc1ccc2cc1CCc1cccc(c1)Nc1ncc(Cl)c(n1)N2)Oc1cccc(C#N)c1. The van der Waals surface area contributed by atoms with Crippen molar-refractivity contribution in [2.24, 2.45) is 0 Å². The number of rotatable bonds is 4. The zero-order valence-electron chi connectivity index (χ0n) is 18.9. The molecule has 1 aliphatic heterocycles. The first-order chi connectivity index (χ1) is 17.1. The Balaban J connectivity index is 1.44. The molecule has 9 heteroatoms. The molecule has 5 rings (SSSR count). The van der Waals surface area contributed by atoms with E-state index >= 15 is 0 Å². The van der Waals surface area contributed by atoms with E-state index in [-0.39, 0.29) is 0 Å². The van der Waals surface area contributed by atoms with Crippen LogP contribution in [0.15, 0.2) is 72.9 Å². The molecular weight excluding hydrogens is 479 g/mol. The fraction of sp³-hybridized carbons (Fsp3) is 0.115. The predicted molar refractivity (Wildman–Crippen MR) is 142 cm³/mol. The highest BCUT2D eigenvalue weighted by molar-refractivity contribution is 7.53. The fourth-order valence-electron chi connectivity index (χ4n) is 3.82. The van der Waals surface area contributed by atoms with E-state index in [1.165, 1.54) is 5.56 Å². The molecule has 3 N–H and O–H groups in total. The number of nitrogens with zero attached hydrogens (tertiary/aromatic N) is 3. The minimum absolute atomic E-state index is 0.438. The highest BCUT2D eigenvalue weighted by Gasteiger charge is 2.13. The topological polar surface area (TPSA) is 94.9 Å². The van der Waals surface area contributed by atoms with Gasteiger partial charge in [0.15, 0.2) is 14.1 Å². The maximum atomic E-state index is 9.15. The minimum atomic E-state index is -1.02. The van der Waals surface area contributed by atoms with Gasteiger partial charge in [0.05, 0.1) is 17.8 Å².